The van der Waals surface area contributed by atoms with Crippen LogP contribution in [-0.2, 0) is 22.6 Å². The zero-order valence-corrected chi connectivity index (χ0v) is 18.1. The Labute approximate surface area is 182 Å². The van der Waals surface area contributed by atoms with Crippen LogP contribution in [-0.4, -0.2) is 58.6 Å². The van der Waals surface area contributed by atoms with E-state index in [1.807, 2.05) is 41.0 Å². The highest BCUT2D eigenvalue weighted by molar-refractivity contribution is 5.77. The second-order valence-electron chi connectivity index (χ2n) is 8.25. The van der Waals surface area contributed by atoms with Crippen LogP contribution in [0, 0.1) is 0 Å². The Balaban J connectivity index is 1.45. The average Bonchev–Trinajstić information content (AvgIpc) is 3.13. The number of fused-ring (bicyclic) bond motifs is 1. The van der Waals surface area contributed by atoms with Crippen LogP contribution in [0.5, 0.6) is 11.6 Å². The number of piperidine rings is 1. The van der Waals surface area contributed by atoms with Crippen molar-refractivity contribution in [1.82, 2.24) is 15.0 Å². The summed E-state index contributed by atoms with van der Waals surface area (Å²) in [5.74, 6) is 1.93. The van der Waals surface area contributed by atoms with Crippen molar-refractivity contribution in [2.75, 3.05) is 26.2 Å². The molecule has 0 N–H and O–H groups in total. The number of likely N-dealkylation sites (tertiary alicyclic amines) is 1. The van der Waals surface area contributed by atoms with Crippen LogP contribution in [0.2, 0.25) is 0 Å². The van der Waals surface area contributed by atoms with E-state index >= 15 is 0 Å². The number of amides is 2. The lowest BCUT2D eigenvalue weighted by molar-refractivity contribution is -0.140. The molecule has 2 aliphatic heterocycles. The fraction of sp³-hybridized carbons (Fsp3) is 0.522. The number of aromatic nitrogens is 1. The van der Waals surface area contributed by atoms with Crippen LogP contribution in [0.1, 0.15) is 44.4 Å². The number of benzene rings is 1. The molecule has 0 saturated carbocycles. The molecule has 166 valence electrons. The van der Waals surface area contributed by atoms with Crippen LogP contribution < -0.4 is 9.47 Å². The minimum Gasteiger partial charge on any atom is -0.483 e. The molecule has 1 fully saturated rings. The average molecular weight is 428 g/mol. The molecule has 1 aromatic heterocycles. The fourth-order valence-corrected chi connectivity index (χ4v) is 4.37. The quantitative estimate of drug-likeness (QED) is 0.730. The number of ether oxygens (including phenoxy) is 2. The predicted molar refractivity (Wildman–Crippen MR) is 113 cm³/mol. The molecule has 0 aliphatic carbocycles. The lowest BCUT2D eigenvalue weighted by Crippen LogP contribution is -2.58. The summed E-state index contributed by atoms with van der Waals surface area (Å²) in [6, 6.07) is 9.56. The third-order valence-corrected chi connectivity index (χ3v) is 5.89. The minimum absolute atomic E-state index is 0.0125. The van der Waals surface area contributed by atoms with Gasteiger partial charge in [0, 0.05) is 44.5 Å². The van der Waals surface area contributed by atoms with Gasteiger partial charge in [0.1, 0.15) is 17.1 Å². The number of rotatable bonds is 5. The topological polar surface area (TPSA) is 85.1 Å². The number of carbonyl (C=O) groups excluding carboxylic acids is 2. The molecule has 1 aromatic carbocycles. The molecule has 1 atom stereocenters. The van der Waals surface area contributed by atoms with Gasteiger partial charge in [-0.25, -0.2) is 0 Å². The molecular formula is C23H29N3O5. The molecule has 2 aromatic rings. The molecule has 0 radical (unpaired) electrons. The summed E-state index contributed by atoms with van der Waals surface area (Å²) in [4.78, 5) is 28.9. The van der Waals surface area contributed by atoms with E-state index in [0.717, 1.165) is 24.2 Å². The summed E-state index contributed by atoms with van der Waals surface area (Å²) in [5.41, 5.74) is 0.397. The summed E-state index contributed by atoms with van der Waals surface area (Å²) in [6.07, 6.45) is 2.42. The summed E-state index contributed by atoms with van der Waals surface area (Å²) >= 11 is 0. The fourth-order valence-electron chi connectivity index (χ4n) is 4.37. The monoisotopic (exact) mass is 427 g/mol. The highest BCUT2D eigenvalue weighted by Crippen LogP contribution is 2.35. The van der Waals surface area contributed by atoms with E-state index in [1.165, 1.54) is 0 Å². The first-order valence-electron chi connectivity index (χ1n) is 10.9. The van der Waals surface area contributed by atoms with Gasteiger partial charge in [-0.3, -0.25) is 9.59 Å². The Bertz CT molecular complexity index is 943. The predicted octanol–water partition coefficient (Wildman–Crippen LogP) is 2.81. The number of hydrogen-bond donors (Lipinski definition) is 0. The lowest BCUT2D eigenvalue weighted by atomic mass is 9.91. The number of para-hydroxylation sites is 1. The first-order valence-corrected chi connectivity index (χ1v) is 10.9. The van der Waals surface area contributed by atoms with Crippen molar-refractivity contribution < 1.29 is 23.6 Å². The molecule has 2 amide bonds. The van der Waals surface area contributed by atoms with E-state index < -0.39 is 5.60 Å². The summed E-state index contributed by atoms with van der Waals surface area (Å²) in [5, 5.41) is 3.84. The largest absolute Gasteiger partial charge is 0.483 e. The Morgan fingerprint density at radius 1 is 1.23 bits per heavy atom. The number of hydrogen-bond acceptors (Lipinski definition) is 6. The van der Waals surface area contributed by atoms with Gasteiger partial charge in [-0.05, 0) is 31.0 Å². The van der Waals surface area contributed by atoms with Crippen LogP contribution in [0.3, 0.4) is 0 Å². The van der Waals surface area contributed by atoms with Crippen molar-refractivity contribution in [3.63, 3.8) is 0 Å². The third kappa shape index (κ3) is 4.84. The van der Waals surface area contributed by atoms with Gasteiger partial charge in [-0.15, -0.1) is 0 Å². The maximum Gasteiger partial charge on any atom is 0.254 e. The van der Waals surface area contributed by atoms with Crippen molar-refractivity contribution in [1.29, 1.82) is 0 Å². The van der Waals surface area contributed by atoms with Gasteiger partial charge < -0.3 is 23.8 Å². The molecule has 1 saturated heterocycles. The van der Waals surface area contributed by atoms with Gasteiger partial charge in [0.2, 0.25) is 11.8 Å². The van der Waals surface area contributed by atoms with Gasteiger partial charge in [0.05, 0.1) is 19.7 Å². The number of nitrogens with zero attached hydrogens (tertiary/aromatic N) is 3. The zero-order valence-electron chi connectivity index (χ0n) is 18.1. The van der Waals surface area contributed by atoms with Crippen molar-refractivity contribution in [3.05, 3.63) is 41.7 Å². The van der Waals surface area contributed by atoms with E-state index in [0.29, 0.717) is 57.3 Å². The van der Waals surface area contributed by atoms with Crippen molar-refractivity contribution in [3.8, 4) is 11.6 Å². The van der Waals surface area contributed by atoms with Gasteiger partial charge in [0.15, 0.2) is 0 Å². The smallest absolute Gasteiger partial charge is 0.254 e. The number of aryl methyl sites for hydroxylation is 1. The van der Waals surface area contributed by atoms with E-state index in [9.17, 15) is 9.59 Å². The SMILES string of the molecule is CCOc1cc(CCC(=O)N2CCCC3(CN(C(C)=O)Cc4ccccc4O3)C2)on1. The Morgan fingerprint density at radius 3 is 2.84 bits per heavy atom. The maximum atomic E-state index is 13.0. The van der Waals surface area contributed by atoms with Crippen molar-refractivity contribution >= 4 is 11.8 Å². The van der Waals surface area contributed by atoms with Gasteiger partial charge in [0.25, 0.3) is 5.88 Å². The summed E-state index contributed by atoms with van der Waals surface area (Å²) in [6.45, 7) is 6.13. The molecule has 8 heteroatoms. The molecule has 31 heavy (non-hydrogen) atoms. The highest BCUT2D eigenvalue weighted by Gasteiger charge is 2.43. The second kappa shape index (κ2) is 8.99. The normalized spacial score (nSPS) is 20.7. The molecule has 1 unspecified atom stereocenters. The van der Waals surface area contributed by atoms with Crippen molar-refractivity contribution in [2.45, 2.75) is 51.7 Å². The Hall–Kier alpha value is -3.03. The summed E-state index contributed by atoms with van der Waals surface area (Å²) in [7, 11) is 0. The maximum absolute atomic E-state index is 13.0. The standard InChI is InChI=1S/C23H29N3O5/c1-3-29-21-13-19(31-24-21)9-10-22(28)25-12-6-11-23(15-25)16-26(17(2)27)14-18-7-4-5-8-20(18)30-23/h4-5,7-8,13H,3,6,9-12,14-16H2,1-2H3. The molecule has 8 nitrogen and oxygen atoms in total. The van der Waals surface area contributed by atoms with E-state index in [1.54, 1.807) is 13.0 Å². The minimum atomic E-state index is -0.597. The zero-order chi connectivity index (χ0) is 21.8. The molecule has 1 spiro atoms. The molecule has 3 heterocycles. The molecule has 4 rings (SSSR count). The lowest BCUT2D eigenvalue weighted by Gasteiger charge is -2.43. The van der Waals surface area contributed by atoms with Crippen LogP contribution in [0.25, 0.3) is 0 Å². The first kappa shape index (κ1) is 21.2. The summed E-state index contributed by atoms with van der Waals surface area (Å²) < 4.78 is 17.1. The van der Waals surface area contributed by atoms with Crippen LogP contribution >= 0.6 is 0 Å². The van der Waals surface area contributed by atoms with E-state index in [4.69, 9.17) is 14.0 Å². The van der Waals surface area contributed by atoms with Crippen molar-refractivity contribution in [2.24, 2.45) is 0 Å². The van der Waals surface area contributed by atoms with Crippen LogP contribution in [0.4, 0.5) is 0 Å². The first-order chi connectivity index (χ1) is 15.0. The molecule has 2 aliphatic rings. The van der Waals surface area contributed by atoms with E-state index in [-0.39, 0.29) is 11.8 Å². The van der Waals surface area contributed by atoms with E-state index in [2.05, 4.69) is 5.16 Å². The molecular weight excluding hydrogens is 398 g/mol. The Morgan fingerprint density at radius 2 is 2.03 bits per heavy atom. The second-order valence-corrected chi connectivity index (χ2v) is 8.25. The number of carbonyl (C=O) groups is 2. The van der Waals surface area contributed by atoms with Gasteiger partial charge in [-0.2, -0.15) is 0 Å². The van der Waals surface area contributed by atoms with Gasteiger partial charge in [-0.1, -0.05) is 18.2 Å². The Kier molecular flexibility index (Phi) is 6.15. The van der Waals surface area contributed by atoms with Crippen LogP contribution in [0.15, 0.2) is 34.9 Å². The molecule has 0 bridgehead atoms. The third-order valence-electron chi connectivity index (χ3n) is 5.89. The van der Waals surface area contributed by atoms with Gasteiger partial charge >= 0.3 is 0 Å². The highest BCUT2D eigenvalue weighted by atomic mass is 16.5.